The number of halogens is 1. The van der Waals surface area contributed by atoms with Gasteiger partial charge in [0.05, 0.1) is 0 Å². The minimum absolute atomic E-state index is 0.289. The molecule has 0 saturated heterocycles. The van der Waals surface area contributed by atoms with E-state index in [2.05, 4.69) is 19.1 Å². The van der Waals surface area contributed by atoms with Crippen LogP contribution in [0.2, 0.25) is 0 Å². The molecule has 1 aromatic heterocycles. The fraction of sp³-hybridized carbons (Fsp3) is 0.240. The Bertz CT molecular complexity index is 1160. The van der Waals surface area contributed by atoms with E-state index in [0.717, 1.165) is 41.9 Å². The predicted octanol–water partition coefficient (Wildman–Crippen LogP) is 5.69. The Morgan fingerprint density at radius 2 is 2.07 bits per heavy atom. The zero-order valence-electron chi connectivity index (χ0n) is 16.7. The quantitative estimate of drug-likeness (QED) is 0.481. The maximum absolute atomic E-state index is 11.4. The maximum atomic E-state index is 11.4. The van der Waals surface area contributed by atoms with E-state index in [1.165, 1.54) is 22.3 Å². The third-order valence-corrected chi connectivity index (χ3v) is 6.21. The second kappa shape index (κ2) is 7.69. The molecule has 0 fully saturated rings. The molecule has 30 heavy (non-hydrogen) atoms. The van der Waals surface area contributed by atoms with Gasteiger partial charge in [-0.2, -0.15) is 0 Å². The maximum Gasteiger partial charge on any atom is 0.248 e. The van der Waals surface area contributed by atoms with Gasteiger partial charge in [0, 0.05) is 11.9 Å². The molecule has 1 aliphatic heterocycles. The van der Waals surface area contributed by atoms with Gasteiger partial charge in [-0.05, 0) is 90.2 Å². The van der Waals surface area contributed by atoms with Gasteiger partial charge in [-0.25, -0.2) is 0 Å². The topological polar surface area (TPSA) is 42.7 Å². The molecule has 4 nitrogen and oxygen atoms in total. The molecule has 2 aromatic carbocycles. The third kappa shape index (κ3) is 3.52. The first-order valence-corrected chi connectivity index (χ1v) is 10.5. The molecule has 0 N–H and O–H groups in total. The van der Waals surface area contributed by atoms with Crippen LogP contribution in [0.1, 0.15) is 30.2 Å². The summed E-state index contributed by atoms with van der Waals surface area (Å²) in [5.41, 5.74) is 6.06. The Morgan fingerprint density at radius 3 is 2.83 bits per heavy atom. The van der Waals surface area contributed by atoms with Gasteiger partial charge < -0.3 is 14.1 Å². The predicted molar refractivity (Wildman–Crippen MR) is 118 cm³/mol. The zero-order chi connectivity index (χ0) is 20.7. The van der Waals surface area contributed by atoms with E-state index < -0.39 is 0 Å². The molecule has 3 aromatic rings. The molecule has 5 heteroatoms. The molecule has 0 radical (unpaired) electrons. The summed E-state index contributed by atoms with van der Waals surface area (Å²) in [6, 6.07) is 16.0. The first kappa shape index (κ1) is 19.0. The fourth-order valence-electron chi connectivity index (χ4n) is 4.23. The molecule has 2 aliphatic rings. The number of ether oxygens (including phenoxy) is 1. The molecule has 0 bridgehead atoms. The van der Waals surface area contributed by atoms with Crippen LogP contribution in [0.25, 0.3) is 16.5 Å². The molecular formula is C25H22ClNO3. The van der Waals surface area contributed by atoms with Crippen molar-refractivity contribution in [1.29, 1.82) is 0 Å². The van der Waals surface area contributed by atoms with E-state index in [1.54, 1.807) is 0 Å². The number of aryl methyl sites for hydroxylation is 1. The lowest BCUT2D eigenvalue weighted by Gasteiger charge is -2.35. The van der Waals surface area contributed by atoms with Crippen molar-refractivity contribution in [3.63, 3.8) is 0 Å². The number of allylic oxidation sites excluding steroid dienone is 1. The van der Waals surface area contributed by atoms with E-state index >= 15 is 0 Å². The minimum atomic E-state index is -0.321. The fourth-order valence-corrected chi connectivity index (χ4v) is 4.43. The summed E-state index contributed by atoms with van der Waals surface area (Å²) in [7, 11) is 0. The largest absolute Gasteiger partial charge is 0.486 e. The zero-order valence-corrected chi connectivity index (χ0v) is 17.5. The van der Waals surface area contributed by atoms with Crippen LogP contribution in [0, 0.1) is 0 Å². The number of hydrogen-bond acceptors (Lipinski definition) is 4. The van der Waals surface area contributed by atoms with Gasteiger partial charge in [0.1, 0.15) is 29.7 Å². The third-order valence-electron chi connectivity index (χ3n) is 5.99. The smallest absolute Gasteiger partial charge is 0.248 e. The molecule has 0 amide bonds. The van der Waals surface area contributed by atoms with Gasteiger partial charge >= 0.3 is 0 Å². The van der Waals surface area contributed by atoms with Crippen LogP contribution in [0.15, 0.2) is 70.8 Å². The lowest BCUT2D eigenvalue weighted by atomic mass is 9.85. The van der Waals surface area contributed by atoms with Crippen LogP contribution >= 0.6 is 11.6 Å². The summed E-state index contributed by atoms with van der Waals surface area (Å²) in [6.45, 7) is 3.31. The van der Waals surface area contributed by atoms with Gasteiger partial charge in [-0.1, -0.05) is 24.3 Å². The molecule has 1 atom stereocenters. The normalized spacial score (nSPS) is 17.8. The average molecular weight is 420 g/mol. The van der Waals surface area contributed by atoms with Crippen molar-refractivity contribution in [1.82, 2.24) is 4.90 Å². The van der Waals surface area contributed by atoms with E-state index in [0.29, 0.717) is 6.61 Å². The highest BCUT2D eigenvalue weighted by Crippen LogP contribution is 2.35. The van der Waals surface area contributed by atoms with Crippen LogP contribution in [0.5, 0.6) is 5.75 Å². The van der Waals surface area contributed by atoms with Gasteiger partial charge in [0.2, 0.25) is 5.24 Å². The Hall–Kier alpha value is -2.98. The van der Waals surface area contributed by atoms with Crippen LogP contribution in [0.3, 0.4) is 0 Å². The number of fused-ring (bicyclic) bond motifs is 2. The van der Waals surface area contributed by atoms with Crippen molar-refractivity contribution in [3.05, 3.63) is 83.3 Å². The van der Waals surface area contributed by atoms with Gasteiger partial charge in [-0.3, -0.25) is 4.79 Å². The number of furan rings is 1. The van der Waals surface area contributed by atoms with Crippen LogP contribution in [-0.4, -0.2) is 22.7 Å². The van der Waals surface area contributed by atoms with Crippen molar-refractivity contribution < 1.29 is 13.9 Å². The SMILES string of the molecule is CC1=C(CN2C=CC2C(=O)Cl)CCc2cc(OCc3cc4ccccc4o3)ccc21. The number of carbonyl (C=O) groups excluding carboxylic acids is 1. The van der Waals surface area contributed by atoms with Crippen LogP contribution in [-0.2, 0) is 17.8 Å². The monoisotopic (exact) mass is 419 g/mol. The summed E-state index contributed by atoms with van der Waals surface area (Å²) in [5, 5.41) is 0.767. The van der Waals surface area contributed by atoms with Crippen molar-refractivity contribution in [2.24, 2.45) is 0 Å². The Kier molecular flexibility index (Phi) is 4.87. The molecule has 1 unspecified atom stereocenters. The molecule has 0 saturated carbocycles. The van der Waals surface area contributed by atoms with Gasteiger partial charge in [-0.15, -0.1) is 0 Å². The van der Waals surface area contributed by atoms with Crippen LogP contribution < -0.4 is 4.74 Å². The Balaban J connectivity index is 1.29. The molecular weight excluding hydrogens is 398 g/mol. The van der Waals surface area contributed by atoms with E-state index in [-0.39, 0.29) is 11.3 Å². The van der Waals surface area contributed by atoms with Crippen molar-refractivity contribution in [2.45, 2.75) is 32.4 Å². The van der Waals surface area contributed by atoms with Crippen molar-refractivity contribution in [2.75, 3.05) is 6.54 Å². The van der Waals surface area contributed by atoms with Crippen molar-refractivity contribution in [3.8, 4) is 5.75 Å². The Morgan fingerprint density at radius 1 is 1.20 bits per heavy atom. The number of benzene rings is 2. The van der Waals surface area contributed by atoms with E-state index in [1.807, 2.05) is 53.6 Å². The molecule has 1 aliphatic carbocycles. The molecule has 0 spiro atoms. The van der Waals surface area contributed by atoms with E-state index in [9.17, 15) is 4.79 Å². The first-order valence-electron chi connectivity index (χ1n) is 10.1. The summed E-state index contributed by atoms with van der Waals surface area (Å²) in [4.78, 5) is 13.5. The average Bonchev–Trinajstić information content (AvgIpc) is 3.13. The molecule has 5 rings (SSSR count). The lowest BCUT2D eigenvalue weighted by Crippen LogP contribution is -2.42. The minimum Gasteiger partial charge on any atom is -0.486 e. The highest BCUT2D eigenvalue weighted by Gasteiger charge is 2.28. The Labute approximate surface area is 180 Å². The van der Waals surface area contributed by atoms with E-state index in [4.69, 9.17) is 20.8 Å². The second-order valence-corrected chi connectivity index (χ2v) is 8.22. The number of rotatable bonds is 6. The second-order valence-electron chi connectivity index (χ2n) is 7.85. The molecule has 152 valence electrons. The highest BCUT2D eigenvalue weighted by molar-refractivity contribution is 6.65. The standard InChI is InChI=1S/C25H22ClNO3/c1-16-19(14-27-11-10-23(27)25(26)28)7-6-17-12-20(8-9-22(16)17)29-15-21-13-18-4-2-3-5-24(18)30-21/h2-5,8-13,23H,6-7,14-15H2,1H3. The summed E-state index contributed by atoms with van der Waals surface area (Å²) >= 11 is 5.66. The summed E-state index contributed by atoms with van der Waals surface area (Å²) in [6.07, 6.45) is 5.71. The summed E-state index contributed by atoms with van der Waals surface area (Å²) in [5.74, 6) is 1.67. The highest BCUT2D eigenvalue weighted by atomic mass is 35.5. The summed E-state index contributed by atoms with van der Waals surface area (Å²) < 4.78 is 11.8. The number of nitrogens with zero attached hydrogens (tertiary/aromatic N) is 1. The van der Waals surface area contributed by atoms with Crippen LogP contribution in [0.4, 0.5) is 0 Å². The number of hydrogen-bond donors (Lipinski definition) is 0. The number of para-hydroxylation sites is 1. The molecule has 2 heterocycles. The van der Waals surface area contributed by atoms with Gasteiger partial charge in [0.15, 0.2) is 0 Å². The van der Waals surface area contributed by atoms with Crippen molar-refractivity contribution >= 4 is 33.4 Å². The lowest BCUT2D eigenvalue weighted by molar-refractivity contribution is -0.115. The van der Waals surface area contributed by atoms with Gasteiger partial charge in [0.25, 0.3) is 0 Å². The first-order chi connectivity index (χ1) is 14.6. The number of carbonyl (C=O) groups is 1.